The van der Waals surface area contributed by atoms with Gasteiger partial charge in [0, 0.05) is 11.6 Å². The number of rotatable bonds is 5. The van der Waals surface area contributed by atoms with Gasteiger partial charge in [0.05, 0.1) is 16.7 Å². The highest BCUT2D eigenvalue weighted by atomic mass is 35.5. The van der Waals surface area contributed by atoms with Gasteiger partial charge in [-0.25, -0.2) is 9.59 Å². The molecule has 180 valence electrons. The van der Waals surface area contributed by atoms with Crippen molar-refractivity contribution in [3.05, 3.63) is 69.2 Å². The largest absolute Gasteiger partial charge is 0.490 e. The number of aliphatic carboxylic acids is 1. The van der Waals surface area contributed by atoms with Crippen molar-refractivity contribution in [1.29, 1.82) is 0 Å². The van der Waals surface area contributed by atoms with Gasteiger partial charge in [0.25, 0.3) is 0 Å². The Morgan fingerprint density at radius 3 is 2.06 bits per heavy atom. The summed E-state index contributed by atoms with van der Waals surface area (Å²) < 4.78 is 31.7. The molecule has 33 heavy (non-hydrogen) atoms. The maximum absolute atomic E-state index is 11.2. The summed E-state index contributed by atoms with van der Waals surface area (Å²) in [5.41, 5.74) is 1.85. The number of piperidine rings is 1. The molecule has 2 aromatic carbocycles. The lowest BCUT2D eigenvalue weighted by molar-refractivity contribution is -0.192. The lowest BCUT2D eigenvalue weighted by atomic mass is 9.87. The number of likely N-dealkylation sites (tertiary alicyclic amines) is 1. The van der Waals surface area contributed by atoms with Gasteiger partial charge in [0.2, 0.25) is 0 Å². The maximum atomic E-state index is 11.2. The Bertz CT molecular complexity index is 961. The van der Waals surface area contributed by atoms with Crippen LogP contribution in [-0.2, 0) is 11.3 Å². The summed E-state index contributed by atoms with van der Waals surface area (Å²) in [6.07, 6.45) is -3.83. The van der Waals surface area contributed by atoms with Crippen molar-refractivity contribution >= 4 is 35.1 Å². The molecular formula is C22H22Cl2F3NO5. The molecular weight excluding hydrogens is 486 g/mol. The standard InChI is InChI=1S/C20H21Cl2NO3.C2HF3O2/c21-16-6-4-13(5-7-16)19(24)14-8-10-23(11-9-14)12-15-2-1-3-17(18(15)22)20(25)26;3-2(4,5)1(6)7/h1-7,14,19,24H,8-12H2,(H,25,26);(H,6,7). The number of aliphatic hydroxyl groups excluding tert-OH is 1. The van der Waals surface area contributed by atoms with Crippen LogP contribution < -0.4 is 0 Å². The summed E-state index contributed by atoms with van der Waals surface area (Å²) in [7, 11) is 0. The van der Waals surface area contributed by atoms with E-state index in [1.807, 2.05) is 18.2 Å². The minimum Gasteiger partial charge on any atom is -0.478 e. The van der Waals surface area contributed by atoms with Crippen LogP contribution in [0, 0.1) is 5.92 Å². The number of benzene rings is 2. The molecule has 1 fully saturated rings. The summed E-state index contributed by atoms with van der Waals surface area (Å²) in [5.74, 6) is -3.57. The number of nitrogens with zero attached hydrogens (tertiary/aromatic N) is 1. The van der Waals surface area contributed by atoms with E-state index < -0.39 is 24.2 Å². The van der Waals surface area contributed by atoms with E-state index in [1.54, 1.807) is 18.2 Å². The van der Waals surface area contributed by atoms with Crippen molar-refractivity contribution in [2.24, 2.45) is 5.92 Å². The number of carboxylic acid groups (broad SMARTS) is 2. The monoisotopic (exact) mass is 507 g/mol. The number of carboxylic acids is 2. The van der Waals surface area contributed by atoms with Gasteiger partial charge in [-0.15, -0.1) is 0 Å². The van der Waals surface area contributed by atoms with Gasteiger partial charge in [-0.05, 0) is 61.2 Å². The summed E-state index contributed by atoms with van der Waals surface area (Å²) in [4.78, 5) is 22.3. The van der Waals surface area contributed by atoms with Crippen LogP contribution in [0.25, 0.3) is 0 Å². The molecule has 0 amide bonds. The van der Waals surface area contributed by atoms with Gasteiger partial charge in [0.1, 0.15) is 0 Å². The van der Waals surface area contributed by atoms with Crippen LogP contribution >= 0.6 is 23.2 Å². The van der Waals surface area contributed by atoms with E-state index >= 15 is 0 Å². The molecule has 0 saturated carbocycles. The van der Waals surface area contributed by atoms with E-state index in [1.165, 1.54) is 6.07 Å². The molecule has 11 heteroatoms. The van der Waals surface area contributed by atoms with E-state index in [0.717, 1.165) is 37.1 Å². The van der Waals surface area contributed by atoms with Gasteiger partial charge in [0.15, 0.2) is 0 Å². The molecule has 1 heterocycles. The van der Waals surface area contributed by atoms with E-state index in [9.17, 15) is 28.2 Å². The van der Waals surface area contributed by atoms with Gasteiger partial charge in [-0.1, -0.05) is 47.5 Å². The van der Waals surface area contributed by atoms with E-state index in [0.29, 0.717) is 16.6 Å². The minimum atomic E-state index is -5.08. The highest BCUT2D eigenvalue weighted by Gasteiger charge is 2.38. The predicted molar refractivity (Wildman–Crippen MR) is 117 cm³/mol. The van der Waals surface area contributed by atoms with E-state index in [4.69, 9.17) is 33.1 Å². The summed E-state index contributed by atoms with van der Waals surface area (Å²) in [6.45, 7) is 2.29. The molecule has 0 spiro atoms. The predicted octanol–water partition coefficient (Wildman–Crippen LogP) is 5.27. The van der Waals surface area contributed by atoms with Crippen molar-refractivity contribution in [3.63, 3.8) is 0 Å². The number of hydrogen-bond acceptors (Lipinski definition) is 4. The first-order chi connectivity index (χ1) is 15.4. The number of hydrogen-bond donors (Lipinski definition) is 3. The fraction of sp³-hybridized carbons (Fsp3) is 0.364. The molecule has 1 aliphatic rings. The number of halogens is 5. The number of carbonyl (C=O) groups is 2. The third-order valence-corrected chi connectivity index (χ3v) is 5.93. The SMILES string of the molecule is O=C(O)C(F)(F)F.O=C(O)c1cccc(CN2CCC(C(O)c3ccc(Cl)cc3)CC2)c1Cl. The van der Waals surface area contributed by atoms with Gasteiger partial charge >= 0.3 is 18.1 Å². The molecule has 1 unspecified atom stereocenters. The molecule has 1 aliphatic heterocycles. The second-order valence-electron chi connectivity index (χ2n) is 7.50. The first kappa shape index (κ1) is 26.9. The third kappa shape index (κ3) is 7.89. The zero-order valence-corrected chi connectivity index (χ0v) is 18.7. The molecule has 0 radical (unpaired) electrons. The molecule has 1 atom stereocenters. The van der Waals surface area contributed by atoms with Gasteiger partial charge < -0.3 is 15.3 Å². The molecule has 3 rings (SSSR count). The first-order valence-electron chi connectivity index (χ1n) is 9.86. The molecule has 0 bridgehead atoms. The molecule has 1 saturated heterocycles. The van der Waals surface area contributed by atoms with Crippen LogP contribution in [0.4, 0.5) is 13.2 Å². The molecule has 6 nitrogen and oxygen atoms in total. The summed E-state index contributed by atoms with van der Waals surface area (Å²) in [5, 5.41) is 27.9. The smallest absolute Gasteiger partial charge is 0.478 e. The lowest BCUT2D eigenvalue weighted by Crippen LogP contribution is -2.35. The maximum Gasteiger partial charge on any atom is 0.490 e. The van der Waals surface area contributed by atoms with Gasteiger partial charge in [-0.3, -0.25) is 4.90 Å². The Labute approximate surface area is 198 Å². The third-order valence-electron chi connectivity index (χ3n) is 5.24. The van der Waals surface area contributed by atoms with Crippen LogP contribution in [0.1, 0.15) is 40.4 Å². The lowest BCUT2D eigenvalue weighted by Gasteiger charge is -2.34. The second-order valence-corrected chi connectivity index (χ2v) is 8.31. The Morgan fingerprint density at radius 2 is 1.58 bits per heavy atom. The first-order valence-corrected chi connectivity index (χ1v) is 10.6. The van der Waals surface area contributed by atoms with E-state index in [2.05, 4.69) is 4.90 Å². The number of alkyl halides is 3. The van der Waals surface area contributed by atoms with Crippen molar-refractivity contribution in [2.45, 2.75) is 31.7 Å². The Hall–Kier alpha value is -2.33. The highest BCUT2D eigenvalue weighted by molar-refractivity contribution is 6.34. The zero-order chi connectivity index (χ0) is 24.8. The van der Waals surface area contributed by atoms with Gasteiger partial charge in [-0.2, -0.15) is 13.2 Å². The number of aliphatic hydroxyl groups is 1. The molecule has 2 aromatic rings. The quantitative estimate of drug-likeness (QED) is 0.509. The Morgan fingerprint density at radius 1 is 1.03 bits per heavy atom. The number of aromatic carboxylic acids is 1. The van der Waals surface area contributed by atoms with Crippen molar-refractivity contribution in [1.82, 2.24) is 4.90 Å². The zero-order valence-electron chi connectivity index (χ0n) is 17.2. The van der Waals surface area contributed by atoms with Crippen LogP contribution in [-0.4, -0.2) is 51.4 Å². The molecule has 0 aromatic heterocycles. The average Bonchev–Trinajstić information content (AvgIpc) is 2.75. The van der Waals surface area contributed by atoms with Crippen LogP contribution in [0.15, 0.2) is 42.5 Å². The van der Waals surface area contributed by atoms with Crippen LogP contribution in [0.3, 0.4) is 0 Å². The minimum absolute atomic E-state index is 0.136. The average molecular weight is 508 g/mol. The Kier molecular flexibility index (Phi) is 9.54. The fourth-order valence-electron chi connectivity index (χ4n) is 3.47. The fourth-order valence-corrected chi connectivity index (χ4v) is 3.86. The van der Waals surface area contributed by atoms with Crippen molar-refractivity contribution in [2.75, 3.05) is 13.1 Å². The molecule has 3 N–H and O–H groups in total. The normalized spacial score (nSPS) is 15.9. The van der Waals surface area contributed by atoms with Crippen molar-refractivity contribution < 1.29 is 38.1 Å². The molecule has 0 aliphatic carbocycles. The Balaban J connectivity index is 0.000000479. The summed E-state index contributed by atoms with van der Waals surface area (Å²) in [6, 6.07) is 12.4. The summed E-state index contributed by atoms with van der Waals surface area (Å²) >= 11 is 12.1. The topological polar surface area (TPSA) is 98.1 Å². The highest BCUT2D eigenvalue weighted by Crippen LogP contribution is 2.32. The second kappa shape index (κ2) is 11.7. The van der Waals surface area contributed by atoms with E-state index in [-0.39, 0.29) is 11.5 Å². The van der Waals surface area contributed by atoms with Crippen molar-refractivity contribution in [3.8, 4) is 0 Å². The van der Waals surface area contributed by atoms with Crippen LogP contribution in [0.2, 0.25) is 10.0 Å². The van der Waals surface area contributed by atoms with Crippen LogP contribution in [0.5, 0.6) is 0 Å².